The van der Waals surface area contributed by atoms with Gasteiger partial charge in [-0.2, -0.15) is 13.2 Å². The Hall–Kier alpha value is -2.09. The molecule has 0 aromatic carbocycles. The van der Waals surface area contributed by atoms with Crippen molar-refractivity contribution in [3.05, 3.63) is 29.1 Å². The van der Waals surface area contributed by atoms with Crippen LogP contribution in [0, 0.1) is 12.8 Å². The molecule has 1 saturated heterocycles. The third-order valence-electron chi connectivity index (χ3n) is 5.27. The van der Waals surface area contributed by atoms with Gasteiger partial charge in [-0.25, -0.2) is 4.98 Å². The van der Waals surface area contributed by atoms with Gasteiger partial charge in [-0.15, -0.1) is 0 Å². The second kappa shape index (κ2) is 5.72. The van der Waals surface area contributed by atoms with Gasteiger partial charge in [-0.3, -0.25) is 4.79 Å². The van der Waals surface area contributed by atoms with Crippen LogP contribution in [0.3, 0.4) is 0 Å². The van der Waals surface area contributed by atoms with Gasteiger partial charge in [0, 0.05) is 36.9 Å². The lowest BCUT2D eigenvalue weighted by Crippen LogP contribution is -2.42. The Morgan fingerprint density at radius 1 is 1.36 bits per heavy atom. The highest BCUT2D eigenvalue weighted by Crippen LogP contribution is 2.34. The zero-order chi connectivity index (χ0) is 17.8. The Morgan fingerprint density at radius 2 is 2.16 bits per heavy atom. The topological polar surface area (TPSA) is 50.2 Å². The van der Waals surface area contributed by atoms with E-state index in [1.165, 1.54) is 0 Å². The molecule has 1 amide bonds. The molecule has 4 heterocycles. The molecule has 2 aliphatic rings. The normalized spacial score (nSPS) is 21.0. The number of fused-ring (bicyclic) bond motifs is 3. The van der Waals surface area contributed by atoms with Crippen molar-refractivity contribution in [1.82, 2.24) is 19.8 Å². The lowest BCUT2D eigenvalue weighted by Gasteiger charge is -2.31. The molecular weight excluding hydrogens is 333 g/mol. The SMILES string of the molecule is Cc1c2n(c3ncc(C(F)(F)F)cc13)CCN(C(=O)C1CCNC1)C2. The number of nitrogens with one attached hydrogen (secondary N) is 1. The van der Waals surface area contributed by atoms with Gasteiger partial charge in [0.1, 0.15) is 5.65 Å². The number of aryl methyl sites for hydroxylation is 1. The molecule has 1 fully saturated rings. The van der Waals surface area contributed by atoms with E-state index in [0.29, 0.717) is 37.2 Å². The fourth-order valence-corrected chi connectivity index (χ4v) is 3.83. The van der Waals surface area contributed by atoms with Gasteiger partial charge in [0.15, 0.2) is 0 Å². The maximum Gasteiger partial charge on any atom is 0.417 e. The summed E-state index contributed by atoms with van der Waals surface area (Å²) in [5.41, 5.74) is 1.48. The van der Waals surface area contributed by atoms with Crippen LogP contribution in [0.15, 0.2) is 12.3 Å². The molecule has 4 rings (SSSR count). The standard InChI is InChI=1S/C17H19F3N4O/c1-10-13-6-12(17(18,19)20)8-22-15(13)24-5-4-23(9-14(10)24)16(25)11-2-3-21-7-11/h6,8,11,21H,2-5,7,9H2,1H3. The molecule has 8 heteroatoms. The first kappa shape index (κ1) is 16.4. The molecule has 2 aliphatic heterocycles. The first-order valence-electron chi connectivity index (χ1n) is 8.40. The lowest BCUT2D eigenvalue weighted by molar-refractivity contribution is -0.138. The first-order valence-corrected chi connectivity index (χ1v) is 8.40. The molecule has 1 unspecified atom stereocenters. The Balaban J connectivity index is 1.69. The summed E-state index contributed by atoms with van der Waals surface area (Å²) in [4.78, 5) is 18.5. The summed E-state index contributed by atoms with van der Waals surface area (Å²) in [6.45, 7) is 4.92. The minimum absolute atomic E-state index is 0.00573. The van der Waals surface area contributed by atoms with Crippen LogP contribution < -0.4 is 5.32 Å². The summed E-state index contributed by atoms with van der Waals surface area (Å²) in [5, 5.41) is 3.71. The van der Waals surface area contributed by atoms with E-state index in [1.54, 1.807) is 6.92 Å². The van der Waals surface area contributed by atoms with E-state index in [0.717, 1.165) is 36.5 Å². The quantitative estimate of drug-likeness (QED) is 0.857. The number of pyridine rings is 1. The Morgan fingerprint density at radius 3 is 2.84 bits per heavy atom. The highest BCUT2D eigenvalue weighted by atomic mass is 19.4. The number of nitrogens with zero attached hydrogens (tertiary/aromatic N) is 3. The number of hydrogen-bond donors (Lipinski definition) is 1. The van der Waals surface area contributed by atoms with Crippen molar-refractivity contribution in [3.63, 3.8) is 0 Å². The molecule has 1 atom stereocenters. The number of carbonyl (C=O) groups excluding carboxylic acids is 1. The van der Waals surface area contributed by atoms with Crippen molar-refractivity contribution in [2.45, 2.75) is 32.6 Å². The lowest BCUT2D eigenvalue weighted by atomic mass is 10.1. The van der Waals surface area contributed by atoms with Gasteiger partial charge in [0.05, 0.1) is 18.0 Å². The van der Waals surface area contributed by atoms with Crippen molar-refractivity contribution in [2.75, 3.05) is 19.6 Å². The number of amides is 1. The molecule has 5 nitrogen and oxygen atoms in total. The first-order chi connectivity index (χ1) is 11.9. The van der Waals surface area contributed by atoms with Crippen LogP contribution in [0.4, 0.5) is 13.2 Å². The van der Waals surface area contributed by atoms with Crippen molar-refractivity contribution >= 4 is 16.9 Å². The van der Waals surface area contributed by atoms with E-state index in [1.807, 2.05) is 9.47 Å². The number of aromatic nitrogens is 2. The van der Waals surface area contributed by atoms with Crippen LogP contribution in [-0.2, 0) is 24.1 Å². The molecule has 0 bridgehead atoms. The molecular formula is C17H19F3N4O. The van der Waals surface area contributed by atoms with Crippen LogP contribution in [0.2, 0.25) is 0 Å². The Bertz CT molecular complexity index is 837. The number of carbonyl (C=O) groups is 1. The predicted molar refractivity (Wildman–Crippen MR) is 85.9 cm³/mol. The third kappa shape index (κ3) is 2.68. The smallest absolute Gasteiger partial charge is 0.335 e. The molecule has 0 radical (unpaired) electrons. The number of rotatable bonds is 1. The van der Waals surface area contributed by atoms with Crippen LogP contribution in [0.1, 0.15) is 23.2 Å². The maximum absolute atomic E-state index is 13.0. The van der Waals surface area contributed by atoms with Crippen molar-refractivity contribution in [3.8, 4) is 0 Å². The average Bonchev–Trinajstić information content (AvgIpc) is 3.21. The van der Waals surface area contributed by atoms with Gasteiger partial charge in [-0.1, -0.05) is 0 Å². The van der Waals surface area contributed by atoms with Gasteiger partial charge < -0.3 is 14.8 Å². The molecule has 2 aromatic heterocycles. The largest absolute Gasteiger partial charge is 0.417 e. The number of hydrogen-bond acceptors (Lipinski definition) is 3. The molecule has 0 saturated carbocycles. The van der Waals surface area contributed by atoms with Crippen LogP contribution in [0.5, 0.6) is 0 Å². The van der Waals surface area contributed by atoms with Crippen molar-refractivity contribution < 1.29 is 18.0 Å². The van der Waals surface area contributed by atoms with E-state index in [-0.39, 0.29) is 11.8 Å². The summed E-state index contributed by atoms with van der Waals surface area (Å²) in [6.07, 6.45) is -2.68. The van der Waals surface area contributed by atoms with E-state index in [9.17, 15) is 18.0 Å². The van der Waals surface area contributed by atoms with Gasteiger partial charge in [0.2, 0.25) is 5.91 Å². The molecule has 0 spiro atoms. The fourth-order valence-electron chi connectivity index (χ4n) is 3.83. The minimum atomic E-state index is -4.41. The van der Waals surface area contributed by atoms with E-state index < -0.39 is 11.7 Å². The molecule has 25 heavy (non-hydrogen) atoms. The van der Waals surface area contributed by atoms with E-state index in [2.05, 4.69) is 10.3 Å². The van der Waals surface area contributed by atoms with E-state index in [4.69, 9.17) is 0 Å². The van der Waals surface area contributed by atoms with Crippen LogP contribution in [-0.4, -0.2) is 40.0 Å². The van der Waals surface area contributed by atoms with Gasteiger partial charge >= 0.3 is 6.18 Å². The highest BCUT2D eigenvalue weighted by Gasteiger charge is 2.34. The molecule has 134 valence electrons. The van der Waals surface area contributed by atoms with Crippen molar-refractivity contribution in [2.24, 2.45) is 5.92 Å². The highest BCUT2D eigenvalue weighted by molar-refractivity contribution is 5.84. The predicted octanol–water partition coefficient (Wildman–Crippen LogP) is 2.32. The number of halogens is 3. The minimum Gasteiger partial charge on any atom is -0.335 e. The summed E-state index contributed by atoms with van der Waals surface area (Å²) in [6, 6.07) is 1.16. The van der Waals surface area contributed by atoms with Gasteiger partial charge in [0.25, 0.3) is 0 Å². The molecule has 2 aromatic rings. The van der Waals surface area contributed by atoms with E-state index >= 15 is 0 Å². The number of alkyl halides is 3. The van der Waals surface area contributed by atoms with Crippen LogP contribution >= 0.6 is 0 Å². The Kier molecular flexibility index (Phi) is 3.75. The zero-order valence-electron chi connectivity index (χ0n) is 13.9. The fraction of sp³-hybridized carbons (Fsp3) is 0.529. The zero-order valence-corrected chi connectivity index (χ0v) is 13.9. The Labute approximate surface area is 142 Å². The molecule has 1 N–H and O–H groups in total. The second-order valence-electron chi connectivity index (χ2n) is 6.77. The maximum atomic E-state index is 13.0. The third-order valence-corrected chi connectivity index (χ3v) is 5.27. The summed E-state index contributed by atoms with van der Waals surface area (Å²) >= 11 is 0. The monoisotopic (exact) mass is 352 g/mol. The second-order valence-corrected chi connectivity index (χ2v) is 6.77. The van der Waals surface area contributed by atoms with Crippen molar-refractivity contribution in [1.29, 1.82) is 0 Å². The molecule has 0 aliphatic carbocycles. The average molecular weight is 352 g/mol. The van der Waals surface area contributed by atoms with Crippen LogP contribution in [0.25, 0.3) is 11.0 Å². The summed E-state index contributed by atoms with van der Waals surface area (Å²) in [5.74, 6) is 0.135. The summed E-state index contributed by atoms with van der Waals surface area (Å²) in [7, 11) is 0. The van der Waals surface area contributed by atoms with Gasteiger partial charge in [-0.05, 0) is 31.5 Å². The summed E-state index contributed by atoms with van der Waals surface area (Å²) < 4.78 is 40.8.